The Balaban J connectivity index is 0.000000201. The van der Waals surface area contributed by atoms with Crippen LogP contribution in [-0.2, 0) is 0 Å². The van der Waals surface area contributed by atoms with Crippen LogP contribution in [0.25, 0.3) is 0 Å². The largest absolute Gasteiger partial charge is 0.673 e. The fourth-order valence-corrected chi connectivity index (χ4v) is 7.33. The highest BCUT2D eigenvalue weighted by Gasteiger charge is 2.87. The summed E-state index contributed by atoms with van der Waals surface area (Å²) in [6.45, 7) is 3.87. The lowest BCUT2D eigenvalue weighted by atomic mass is 9.51. The van der Waals surface area contributed by atoms with Crippen molar-refractivity contribution in [2.75, 3.05) is 13.7 Å². The van der Waals surface area contributed by atoms with E-state index in [0.29, 0.717) is 5.41 Å². The van der Waals surface area contributed by atoms with Crippen molar-refractivity contribution in [2.24, 2.45) is 11.3 Å². The third-order valence-corrected chi connectivity index (χ3v) is 7.58. The number of hydrogen-bond donors (Lipinski definition) is 0. The molecule has 0 radical (unpaired) electrons. The number of nitrogens with zero attached hydrogens (tertiary/aromatic N) is 4. The second-order valence-corrected chi connectivity index (χ2v) is 8.03. The highest BCUT2D eigenvalue weighted by atomic mass is 19.5. The van der Waals surface area contributed by atoms with Crippen molar-refractivity contribution < 1.29 is 22.0 Å². The highest BCUT2D eigenvalue weighted by Crippen LogP contribution is 2.72. The van der Waals surface area contributed by atoms with Crippen molar-refractivity contribution in [3.63, 3.8) is 0 Å². The van der Waals surface area contributed by atoms with Gasteiger partial charge in [-0.2, -0.15) is 9.71 Å². The van der Waals surface area contributed by atoms with E-state index >= 15 is 0 Å². The second kappa shape index (κ2) is 3.65. The first-order valence-electron chi connectivity index (χ1n) is 8.25. The normalized spacial score (nSPS) is 57.8. The molecule has 6 heterocycles. The maximum atomic E-state index is 9.75. The van der Waals surface area contributed by atoms with E-state index in [4.69, 9.17) is 0 Å². The minimum Gasteiger partial charge on any atom is -0.418 e. The van der Waals surface area contributed by atoms with E-state index in [-0.39, 0.29) is 0 Å². The minimum atomic E-state index is -6.00. The van der Waals surface area contributed by atoms with Gasteiger partial charge in [0.1, 0.15) is 19.8 Å². The third-order valence-electron chi connectivity index (χ3n) is 7.58. The molecule has 7 bridgehead atoms. The van der Waals surface area contributed by atoms with Crippen molar-refractivity contribution >= 4 is 7.25 Å². The molecule has 0 aromatic carbocycles. The maximum Gasteiger partial charge on any atom is 0.673 e. The highest BCUT2D eigenvalue weighted by molar-refractivity contribution is 6.50. The summed E-state index contributed by atoms with van der Waals surface area (Å²) >= 11 is 0. The molecule has 9 heteroatoms. The number of hydrogen-bond acceptors (Lipinski definition) is 3. The average Bonchev–Trinajstić information content (AvgIpc) is 2.81. The van der Waals surface area contributed by atoms with Crippen LogP contribution in [0.1, 0.15) is 32.6 Å². The van der Waals surface area contributed by atoms with E-state index in [9.17, 15) is 17.3 Å². The SMILES string of the molecule is C[C@]12[C@H]3[C@H]4CC[C@@H]1N1N4CN4[C@H]3CC[C@H]2[N+]41C.F[B-](F)(F)F. The van der Waals surface area contributed by atoms with Crippen molar-refractivity contribution in [1.29, 1.82) is 0 Å². The van der Waals surface area contributed by atoms with Gasteiger partial charge in [-0.25, -0.2) is 0 Å². The molecule has 124 valence electrons. The summed E-state index contributed by atoms with van der Waals surface area (Å²) in [5, 5.41) is 8.37. The van der Waals surface area contributed by atoms with Crippen LogP contribution in [0.3, 0.4) is 0 Å². The average molecular weight is 320 g/mol. The van der Waals surface area contributed by atoms with Gasteiger partial charge in [0.2, 0.25) is 0 Å². The van der Waals surface area contributed by atoms with E-state index in [1.165, 1.54) is 37.1 Å². The molecular formula is C13H21BF4N4. The maximum absolute atomic E-state index is 9.75. The Hall–Kier alpha value is -0.375. The predicted octanol–water partition coefficient (Wildman–Crippen LogP) is 2.08. The van der Waals surface area contributed by atoms with Crippen molar-refractivity contribution in [3.05, 3.63) is 0 Å². The Morgan fingerprint density at radius 3 is 2.36 bits per heavy atom. The van der Waals surface area contributed by atoms with Gasteiger partial charge < -0.3 is 17.3 Å². The molecule has 0 spiro atoms. The van der Waals surface area contributed by atoms with E-state index in [2.05, 4.69) is 29.1 Å². The molecule has 22 heavy (non-hydrogen) atoms. The fraction of sp³-hybridized carbons (Fsp3) is 1.00. The predicted molar refractivity (Wildman–Crippen MR) is 72.0 cm³/mol. The quantitative estimate of drug-likeness (QED) is 0.384. The monoisotopic (exact) mass is 320 g/mol. The number of quaternary nitrogens is 1. The van der Waals surface area contributed by atoms with Gasteiger partial charge in [-0.3, -0.25) is 0 Å². The molecule has 0 aromatic heterocycles. The Kier molecular flexibility index (Phi) is 2.33. The lowest BCUT2D eigenvalue weighted by Crippen LogP contribution is -2.78. The molecule has 6 aliphatic heterocycles. The minimum absolute atomic E-state index is 0.633. The van der Waals surface area contributed by atoms with Gasteiger partial charge in [0.05, 0.1) is 17.5 Å². The molecule has 0 N–H and O–H groups in total. The molecule has 6 saturated heterocycles. The summed E-state index contributed by atoms with van der Waals surface area (Å²) in [7, 11) is -3.50. The third kappa shape index (κ3) is 1.26. The van der Waals surface area contributed by atoms with Crippen molar-refractivity contribution in [3.8, 4) is 0 Å². The van der Waals surface area contributed by atoms with E-state index in [0.717, 1.165) is 30.1 Å². The van der Waals surface area contributed by atoms with Gasteiger partial charge >= 0.3 is 7.25 Å². The zero-order valence-electron chi connectivity index (χ0n) is 12.8. The molecule has 2 saturated carbocycles. The number of fused-ring (bicyclic) bond motifs is 2. The van der Waals surface area contributed by atoms with Crippen LogP contribution >= 0.6 is 0 Å². The number of halogens is 4. The number of rotatable bonds is 0. The molecule has 2 aliphatic carbocycles. The summed E-state index contributed by atoms with van der Waals surface area (Å²) < 4.78 is 40.2. The molecule has 0 amide bonds. The smallest absolute Gasteiger partial charge is 0.418 e. The summed E-state index contributed by atoms with van der Waals surface area (Å²) in [6.07, 6.45) is 5.87. The number of hydrazine groups is 1. The first-order valence-corrected chi connectivity index (χ1v) is 8.25. The van der Waals surface area contributed by atoms with Crippen LogP contribution in [0, 0.1) is 11.3 Å². The lowest BCUT2D eigenvalue weighted by molar-refractivity contribution is -1.12. The Morgan fingerprint density at radius 1 is 1.05 bits per heavy atom. The summed E-state index contributed by atoms with van der Waals surface area (Å²) in [5.74, 6) is 0.985. The second-order valence-electron chi connectivity index (χ2n) is 8.03. The zero-order valence-corrected chi connectivity index (χ0v) is 12.8. The standard InChI is InChI=1S/C13H21N4.BF4/c1-13-10-5-3-8-12(13)9-4-6-11(13)17(2)15(9)7-14(8)16(10)17;2-1(3,4)5/h8-12H,3-7H2,1-2H3;/q+1;-1/t8-,9+,10+,11-,12+,13+,17?;/m1./s1. The molecule has 4 nitrogen and oxygen atoms in total. The van der Waals surface area contributed by atoms with Crippen molar-refractivity contribution in [1.82, 2.24) is 15.1 Å². The van der Waals surface area contributed by atoms with Gasteiger partial charge in [-0.05, 0) is 19.3 Å². The molecule has 1 unspecified atom stereocenters. The summed E-state index contributed by atoms with van der Waals surface area (Å²) in [5.41, 5.74) is 0.633. The Labute approximate surface area is 127 Å². The van der Waals surface area contributed by atoms with E-state index in [1.54, 1.807) is 0 Å². The first-order chi connectivity index (χ1) is 10.2. The molecular weight excluding hydrogens is 299 g/mol. The fourth-order valence-electron chi connectivity index (χ4n) is 7.33. The van der Waals surface area contributed by atoms with Gasteiger partial charge in [0.25, 0.3) is 0 Å². The van der Waals surface area contributed by atoms with Gasteiger partial charge in [-0.15, -0.1) is 5.01 Å². The van der Waals surface area contributed by atoms with Crippen molar-refractivity contribution in [2.45, 2.75) is 56.8 Å². The molecule has 8 rings (SSSR count). The van der Waals surface area contributed by atoms with E-state index in [1.807, 2.05) is 0 Å². The van der Waals surface area contributed by atoms with Gasteiger partial charge in [-0.1, -0.05) is 12.0 Å². The van der Waals surface area contributed by atoms with Crippen LogP contribution < -0.4 is 0 Å². The topological polar surface area (TPSA) is 9.72 Å². The molecule has 7 atom stereocenters. The van der Waals surface area contributed by atoms with Crippen LogP contribution in [0.2, 0.25) is 0 Å². The summed E-state index contributed by atoms with van der Waals surface area (Å²) in [6, 6.07) is 3.52. The van der Waals surface area contributed by atoms with E-state index < -0.39 is 7.25 Å². The molecule has 0 aromatic rings. The van der Waals surface area contributed by atoms with Crippen LogP contribution in [0.15, 0.2) is 0 Å². The summed E-state index contributed by atoms with van der Waals surface area (Å²) in [4.78, 5) is 0. The molecule has 8 aliphatic rings. The first kappa shape index (κ1) is 14.0. The van der Waals surface area contributed by atoms with Crippen LogP contribution in [-0.4, -0.2) is 65.0 Å². The van der Waals surface area contributed by atoms with Crippen LogP contribution in [0.4, 0.5) is 17.3 Å². The van der Waals surface area contributed by atoms with Gasteiger partial charge in [0.15, 0.2) is 0 Å². The Morgan fingerprint density at radius 2 is 1.68 bits per heavy atom. The van der Waals surface area contributed by atoms with Crippen LogP contribution in [0.5, 0.6) is 0 Å². The zero-order chi connectivity index (χ0) is 15.7. The molecule has 8 fully saturated rings. The Bertz CT molecular complexity index is 525. The lowest BCUT2D eigenvalue weighted by Gasteiger charge is -2.64. The van der Waals surface area contributed by atoms with Gasteiger partial charge in [0, 0.05) is 18.4 Å².